The van der Waals surface area contributed by atoms with E-state index >= 15 is 0 Å². The monoisotopic (exact) mass is 254 g/mol. The lowest BCUT2D eigenvalue weighted by Crippen LogP contribution is -2.46. The van der Waals surface area contributed by atoms with E-state index in [0.717, 1.165) is 38.1 Å². The van der Waals surface area contributed by atoms with Crippen LogP contribution >= 0.6 is 0 Å². The number of rotatable bonds is 7. The van der Waals surface area contributed by atoms with E-state index in [4.69, 9.17) is 4.74 Å². The van der Waals surface area contributed by atoms with Crippen LogP contribution < -0.4 is 5.32 Å². The smallest absolute Gasteiger partial charge is 0.0472 e. The molecule has 0 aromatic carbocycles. The second-order valence-corrected chi connectivity index (χ2v) is 6.56. The van der Waals surface area contributed by atoms with E-state index < -0.39 is 0 Å². The molecular formula is C15H30N2O. The first-order valence-electron chi connectivity index (χ1n) is 7.62. The van der Waals surface area contributed by atoms with Crippen molar-refractivity contribution in [1.82, 2.24) is 10.2 Å². The zero-order valence-electron chi connectivity index (χ0n) is 12.4. The molecule has 0 radical (unpaired) electrons. The van der Waals surface area contributed by atoms with Gasteiger partial charge < -0.3 is 15.0 Å². The Bertz CT molecular complexity index is 251. The van der Waals surface area contributed by atoms with Crippen molar-refractivity contribution in [2.24, 2.45) is 17.3 Å². The summed E-state index contributed by atoms with van der Waals surface area (Å²) >= 11 is 0. The molecule has 1 heterocycles. The van der Waals surface area contributed by atoms with Gasteiger partial charge in [-0.05, 0) is 50.1 Å². The molecular weight excluding hydrogens is 224 g/mol. The molecule has 3 heteroatoms. The number of nitrogens with one attached hydrogen (secondary N) is 1. The highest BCUT2D eigenvalue weighted by molar-refractivity contribution is 4.89. The van der Waals surface area contributed by atoms with Gasteiger partial charge in [0.2, 0.25) is 0 Å². The van der Waals surface area contributed by atoms with Crippen LogP contribution in [0.1, 0.15) is 33.1 Å². The molecule has 2 aliphatic rings. The quantitative estimate of drug-likeness (QED) is 0.752. The predicted molar refractivity (Wildman–Crippen MR) is 75.8 cm³/mol. The third-order valence-corrected chi connectivity index (χ3v) is 4.73. The van der Waals surface area contributed by atoms with Crippen LogP contribution in [0.2, 0.25) is 0 Å². The molecule has 106 valence electrons. The van der Waals surface area contributed by atoms with Gasteiger partial charge >= 0.3 is 0 Å². The van der Waals surface area contributed by atoms with Gasteiger partial charge in [0.1, 0.15) is 0 Å². The molecule has 1 aliphatic carbocycles. The van der Waals surface area contributed by atoms with Crippen LogP contribution in [0, 0.1) is 17.3 Å². The first kappa shape index (κ1) is 14.3. The molecule has 2 unspecified atom stereocenters. The van der Waals surface area contributed by atoms with Crippen LogP contribution in [0.15, 0.2) is 0 Å². The average molecular weight is 254 g/mol. The summed E-state index contributed by atoms with van der Waals surface area (Å²) in [6, 6.07) is 0. The van der Waals surface area contributed by atoms with Crippen LogP contribution in [0.4, 0.5) is 0 Å². The van der Waals surface area contributed by atoms with Crippen LogP contribution in [-0.2, 0) is 4.74 Å². The van der Waals surface area contributed by atoms with Gasteiger partial charge in [-0.1, -0.05) is 13.8 Å². The molecule has 0 bridgehead atoms. The van der Waals surface area contributed by atoms with Gasteiger partial charge in [-0.15, -0.1) is 0 Å². The summed E-state index contributed by atoms with van der Waals surface area (Å²) in [6.07, 6.45) is 3.86. The second-order valence-electron chi connectivity index (χ2n) is 6.56. The summed E-state index contributed by atoms with van der Waals surface area (Å²) in [7, 11) is 2.30. The minimum atomic E-state index is 0.446. The lowest BCUT2D eigenvalue weighted by Gasteiger charge is -2.40. The number of nitrogens with zero attached hydrogens (tertiary/aromatic N) is 1. The second kappa shape index (κ2) is 6.36. The van der Waals surface area contributed by atoms with Crippen molar-refractivity contribution >= 4 is 0 Å². The Morgan fingerprint density at radius 3 is 2.56 bits per heavy atom. The van der Waals surface area contributed by atoms with Crippen molar-refractivity contribution in [2.75, 3.05) is 46.4 Å². The summed E-state index contributed by atoms with van der Waals surface area (Å²) in [6.45, 7) is 11.2. The van der Waals surface area contributed by atoms with Gasteiger partial charge in [0.25, 0.3) is 0 Å². The Morgan fingerprint density at radius 2 is 2.00 bits per heavy atom. The molecule has 0 aromatic rings. The molecule has 0 spiro atoms. The molecule has 1 saturated carbocycles. The van der Waals surface area contributed by atoms with Crippen LogP contribution in [0.25, 0.3) is 0 Å². The Labute approximate surface area is 112 Å². The molecule has 2 fully saturated rings. The first-order valence-corrected chi connectivity index (χ1v) is 7.62. The Balaban J connectivity index is 1.83. The van der Waals surface area contributed by atoms with Crippen molar-refractivity contribution in [3.05, 3.63) is 0 Å². The minimum absolute atomic E-state index is 0.446. The molecule has 0 aromatic heterocycles. The first-order chi connectivity index (χ1) is 8.65. The predicted octanol–water partition coefficient (Wildman–Crippen LogP) is 1.98. The largest absolute Gasteiger partial charge is 0.381 e. The highest BCUT2D eigenvalue weighted by atomic mass is 16.5. The SMILES string of the molecule is CCNCC1(CN(C)CC2CC2C)CCOCC1. The number of hydrogen-bond donors (Lipinski definition) is 1. The van der Waals surface area contributed by atoms with E-state index in [1.807, 2.05) is 0 Å². The summed E-state index contributed by atoms with van der Waals surface area (Å²) in [5.74, 6) is 1.93. The molecule has 1 aliphatic heterocycles. The topological polar surface area (TPSA) is 24.5 Å². The van der Waals surface area contributed by atoms with Gasteiger partial charge in [-0.3, -0.25) is 0 Å². The summed E-state index contributed by atoms with van der Waals surface area (Å²) in [5, 5.41) is 3.56. The summed E-state index contributed by atoms with van der Waals surface area (Å²) < 4.78 is 5.55. The summed E-state index contributed by atoms with van der Waals surface area (Å²) in [5.41, 5.74) is 0.446. The fourth-order valence-corrected chi connectivity index (χ4v) is 3.28. The molecule has 2 rings (SSSR count). The van der Waals surface area contributed by atoms with Crippen LogP contribution in [0.5, 0.6) is 0 Å². The van der Waals surface area contributed by atoms with Crippen molar-refractivity contribution in [3.63, 3.8) is 0 Å². The van der Waals surface area contributed by atoms with E-state index in [9.17, 15) is 0 Å². The zero-order chi connectivity index (χ0) is 13.0. The van der Waals surface area contributed by atoms with Gasteiger partial charge in [0.05, 0.1) is 0 Å². The maximum atomic E-state index is 5.55. The third-order valence-electron chi connectivity index (χ3n) is 4.73. The lowest BCUT2D eigenvalue weighted by molar-refractivity contribution is -0.00100. The van der Waals surface area contributed by atoms with E-state index in [0.29, 0.717) is 5.41 Å². The fourth-order valence-electron chi connectivity index (χ4n) is 3.28. The number of hydrogen-bond acceptors (Lipinski definition) is 3. The van der Waals surface area contributed by atoms with Gasteiger partial charge in [-0.2, -0.15) is 0 Å². The van der Waals surface area contributed by atoms with Crippen molar-refractivity contribution < 1.29 is 4.74 Å². The van der Waals surface area contributed by atoms with Crippen LogP contribution in [0.3, 0.4) is 0 Å². The summed E-state index contributed by atoms with van der Waals surface area (Å²) in [4.78, 5) is 2.57. The van der Waals surface area contributed by atoms with Gasteiger partial charge in [0.15, 0.2) is 0 Å². The van der Waals surface area contributed by atoms with Gasteiger partial charge in [0, 0.05) is 32.8 Å². The maximum absolute atomic E-state index is 5.55. The third kappa shape index (κ3) is 3.94. The van der Waals surface area contributed by atoms with Crippen LogP contribution in [-0.4, -0.2) is 51.3 Å². The highest BCUT2D eigenvalue weighted by Crippen LogP contribution is 2.39. The highest BCUT2D eigenvalue weighted by Gasteiger charge is 2.37. The normalized spacial score (nSPS) is 30.7. The Kier molecular flexibility index (Phi) is 5.05. The van der Waals surface area contributed by atoms with E-state index in [1.165, 1.54) is 32.4 Å². The minimum Gasteiger partial charge on any atom is -0.381 e. The standard InChI is InChI=1S/C15H30N2O/c1-4-16-11-15(5-7-18-8-6-15)12-17(3)10-14-9-13(14)2/h13-14,16H,4-12H2,1-3H3. The maximum Gasteiger partial charge on any atom is 0.0472 e. The van der Waals surface area contributed by atoms with Gasteiger partial charge in [-0.25, -0.2) is 0 Å². The zero-order valence-corrected chi connectivity index (χ0v) is 12.4. The van der Waals surface area contributed by atoms with E-state index in [2.05, 4.69) is 31.1 Å². The average Bonchev–Trinajstić information content (AvgIpc) is 3.03. The van der Waals surface area contributed by atoms with E-state index in [-0.39, 0.29) is 0 Å². The lowest BCUT2D eigenvalue weighted by atomic mass is 9.79. The molecule has 18 heavy (non-hydrogen) atoms. The molecule has 1 saturated heterocycles. The molecule has 0 amide bonds. The fraction of sp³-hybridized carbons (Fsp3) is 1.00. The van der Waals surface area contributed by atoms with Crippen molar-refractivity contribution in [2.45, 2.75) is 33.1 Å². The van der Waals surface area contributed by atoms with E-state index in [1.54, 1.807) is 0 Å². The molecule has 2 atom stereocenters. The molecule has 3 nitrogen and oxygen atoms in total. The van der Waals surface area contributed by atoms with Crippen molar-refractivity contribution in [3.8, 4) is 0 Å². The Hall–Kier alpha value is -0.120. The number of ether oxygens (including phenoxy) is 1. The molecule has 1 N–H and O–H groups in total. The van der Waals surface area contributed by atoms with Crippen molar-refractivity contribution in [1.29, 1.82) is 0 Å². The Morgan fingerprint density at radius 1 is 1.33 bits per heavy atom.